The summed E-state index contributed by atoms with van der Waals surface area (Å²) in [6.07, 6.45) is 3.45. The first kappa shape index (κ1) is 25.9. The number of carbonyl (C=O) groups excluding carboxylic acids is 1. The van der Waals surface area contributed by atoms with Crippen LogP contribution in [-0.4, -0.2) is 51.8 Å². The van der Waals surface area contributed by atoms with Gasteiger partial charge in [-0.3, -0.25) is 4.79 Å². The second-order valence-corrected chi connectivity index (χ2v) is 7.85. The second kappa shape index (κ2) is 13.2. The van der Waals surface area contributed by atoms with Gasteiger partial charge in [0, 0.05) is 31.6 Å². The molecule has 0 aliphatic heterocycles. The monoisotopic (exact) mass is 527 g/mol. The smallest absolute Gasteiger partial charge is 0.242 e. The first-order valence-corrected chi connectivity index (χ1v) is 10.1. The summed E-state index contributed by atoms with van der Waals surface area (Å²) in [5.74, 6) is 1.47. The quantitative estimate of drug-likeness (QED) is 0.264. The van der Waals surface area contributed by atoms with Crippen LogP contribution in [0, 0.1) is 0 Å². The zero-order valence-electron chi connectivity index (χ0n) is 18.3. The van der Waals surface area contributed by atoms with Crippen molar-refractivity contribution in [1.29, 1.82) is 0 Å². The van der Waals surface area contributed by atoms with Crippen LogP contribution in [0.1, 0.15) is 39.1 Å². The van der Waals surface area contributed by atoms with Gasteiger partial charge in [-0.25, -0.2) is 4.99 Å². The molecule has 1 amide bonds. The Hall–Kier alpha value is -2.17. The Labute approximate surface area is 196 Å². The summed E-state index contributed by atoms with van der Waals surface area (Å²) in [7, 11) is 0. The van der Waals surface area contributed by atoms with E-state index in [2.05, 4.69) is 50.2 Å². The van der Waals surface area contributed by atoms with E-state index in [-0.39, 0.29) is 42.0 Å². The molecule has 30 heavy (non-hydrogen) atoms. The third-order valence-corrected chi connectivity index (χ3v) is 4.10. The van der Waals surface area contributed by atoms with E-state index < -0.39 is 0 Å². The van der Waals surface area contributed by atoms with Crippen molar-refractivity contribution in [3.63, 3.8) is 0 Å². The summed E-state index contributed by atoms with van der Waals surface area (Å²) in [6.45, 7) is 10.1. The summed E-state index contributed by atoms with van der Waals surface area (Å²) < 4.78 is 2.01. The molecule has 2 rings (SSSR count). The molecule has 0 bridgehead atoms. The fourth-order valence-electron chi connectivity index (χ4n) is 2.79. The molecule has 1 heterocycles. The van der Waals surface area contributed by atoms with E-state index in [4.69, 9.17) is 0 Å². The van der Waals surface area contributed by atoms with Gasteiger partial charge in [-0.05, 0) is 32.8 Å². The first-order chi connectivity index (χ1) is 13.9. The molecule has 0 atom stereocenters. The summed E-state index contributed by atoms with van der Waals surface area (Å²) in [4.78, 5) is 16.6. The molecule has 1 aromatic heterocycles. The highest BCUT2D eigenvalue weighted by atomic mass is 127. The average molecular weight is 527 g/mol. The molecule has 0 spiro atoms. The fraction of sp³-hybridized carbons (Fsp3) is 0.524. The van der Waals surface area contributed by atoms with Crippen LogP contribution in [0.4, 0.5) is 0 Å². The molecule has 2 aromatic rings. The van der Waals surface area contributed by atoms with E-state index in [9.17, 15) is 4.79 Å². The van der Waals surface area contributed by atoms with Gasteiger partial charge in [0.25, 0.3) is 0 Å². The Bertz CT molecular complexity index is 784. The van der Waals surface area contributed by atoms with Gasteiger partial charge in [0.2, 0.25) is 5.91 Å². The number of hydrogen-bond donors (Lipinski definition) is 3. The van der Waals surface area contributed by atoms with E-state index in [1.165, 1.54) is 5.56 Å². The number of guanidine groups is 1. The van der Waals surface area contributed by atoms with Crippen molar-refractivity contribution in [2.45, 2.75) is 52.6 Å². The lowest BCUT2D eigenvalue weighted by molar-refractivity contribution is -0.121. The van der Waals surface area contributed by atoms with Crippen LogP contribution in [0.25, 0.3) is 0 Å². The summed E-state index contributed by atoms with van der Waals surface area (Å²) >= 11 is 0. The number of hydrogen-bond acceptors (Lipinski definition) is 4. The maximum Gasteiger partial charge on any atom is 0.242 e. The number of aliphatic imine (C=N–C) groups is 1. The molecule has 0 aliphatic rings. The lowest BCUT2D eigenvalue weighted by Crippen LogP contribution is -2.44. The van der Waals surface area contributed by atoms with Gasteiger partial charge in [-0.1, -0.05) is 37.3 Å². The van der Waals surface area contributed by atoms with Crippen molar-refractivity contribution < 1.29 is 4.79 Å². The van der Waals surface area contributed by atoms with E-state index in [0.29, 0.717) is 12.5 Å². The van der Waals surface area contributed by atoms with Crippen molar-refractivity contribution in [3.8, 4) is 0 Å². The third kappa shape index (κ3) is 10.0. The largest absolute Gasteiger partial charge is 0.356 e. The summed E-state index contributed by atoms with van der Waals surface area (Å²) in [5, 5.41) is 17.6. The van der Waals surface area contributed by atoms with Gasteiger partial charge in [-0.2, -0.15) is 0 Å². The second-order valence-electron chi connectivity index (χ2n) is 7.85. The van der Waals surface area contributed by atoms with Crippen molar-refractivity contribution >= 4 is 35.8 Å². The van der Waals surface area contributed by atoms with Crippen LogP contribution in [0.15, 0.2) is 41.7 Å². The Kier molecular flexibility index (Phi) is 11.4. The lowest BCUT2D eigenvalue weighted by atomic mass is 10.1. The van der Waals surface area contributed by atoms with Gasteiger partial charge in [-0.15, -0.1) is 34.2 Å². The molecule has 1 aromatic carbocycles. The van der Waals surface area contributed by atoms with Crippen LogP contribution in [0.5, 0.6) is 0 Å². The minimum atomic E-state index is -0.272. The molecule has 0 aliphatic carbocycles. The molecule has 8 nitrogen and oxygen atoms in total. The molecule has 0 radical (unpaired) electrons. The average Bonchev–Trinajstić information content (AvgIpc) is 3.12. The van der Waals surface area contributed by atoms with E-state index in [0.717, 1.165) is 31.8 Å². The normalized spacial score (nSPS) is 11.5. The lowest BCUT2D eigenvalue weighted by Gasteiger charge is -2.20. The standard InChI is InChI=1S/C21H33N7O.HI/c1-5-18-27-25-16-28(18)14-13-23-20(24-15-19(29)26-21(2,3)4)22-12-11-17-9-7-6-8-10-17;/h6-10,16H,5,11-15H2,1-4H3,(H,26,29)(H2,22,23,24);1H. The number of rotatable bonds is 9. The van der Waals surface area contributed by atoms with E-state index in [1.54, 1.807) is 6.33 Å². The molecular formula is C21H34IN7O. The zero-order valence-corrected chi connectivity index (χ0v) is 20.6. The number of halogens is 1. The van der Waals surface area contributed by atoms with Crippen LogP contribution in [0.3, 0.4) is 0 Å². The highest BCUT2D eigenvalue weighted by Gasteiger charge is 2.13. The molecule has 0 fully saturated rings. The molecule has 0 unspecified atom stereocenters. The predicted octanol–water partition coefficient (Wildman–Crippen LogP) is 2.15. The SMILES string of the molecule is CCc1nncn1CCNC(=NCC(=O)NC(C)(C)C)NCCc1ccccc1.I. The first-order valence-electron chi connectivity index (χ1n) is 10.1. The minimum Gasteiger partial charge on any atom is -0.356 e. The number of amides is 1. The topological polar surface area (TPSA) is 96.2 Å². The van der Waals surface area contributed by atoms with E-state index in [1.807, 2.05) is 43.5 Å². The van der Waals surface area contributed by atoms with Crippen molar-refractivity contribution in [2.24, 2.45) is 4.99 Å². The number of benzene rings is 1. The highest BCUT2D eigenvalue weighted by Crippen LogP contribution is 1.99. The van der Waals surface area contributed by atoms with Gasteiger partial charge in [0.05, 0.1) is 0 Å². The predicted molar refractivity (Wildman–Crippen MR) is 131 cm³/mol. The number of aryl methyl sites for hydroxylation is 1. The van der Waals surface area contributed by atoms with Crippen LogP contribution >= 0.6 is 24.0 Å². The molecule has 166 valence electrons. The van der Waals surface area contributed by atoms with Crippen LogP contribution in [0.2, 0.25) is 0 Å². The van der Waals surface area contributed by atoms with Crippen LogP contribution in [-0.2, 0) is 24.2 Å². The Morgan fingerprint density at radius 3 is 2.50 bits per heavy atom. The van der Waals surface area contributed by atoms with Crippen molar-refractivity contribution in [3.05, 3.63) is 48.0 Å². The minimum absolute atomic E-state index is 0. The number of nitrogens with zero attached hydrogens (tertiary/aromatic N) is 4. The zero-order chi connectivity index (χ0) is 21.1. The van der Waals surface area contributed by atoms with Gasteiger partial charge < -0.3 is 20.5 Å². The van der Waals surface area contributed by atoms with Gasteiger partial charge in [0.15, 0.2) is 5.96 Å². The fourth-order valence-corrected chi connectivity index (χ4v) is 2.79. The van der Waals surface area contributed by atoms with Gasteiger partial charge in [0.1, 0.15) is 18.7 Å². The molecule has 9 heteroatoms. The van der Waals surface area contributed by atoms with Crippen LogP contribution < -0.4 is 16.0 Å². The maximum atomic E-state index is 12.1. The van der Waals surface area contributed by atoms with Crippen molar-refractivity contribution in [2.75, 3.05) is 19.6 Å². The van der Waals surface area contributed by atoms with Gasteiger partial charge >= 0.3 is 0 Å². The Balaban J connectivity index is 0.00000450. The van der Waals surface area contributed by atoms with E-state index >= 15 is 0 Å². The number of aromatic nitrogens is 3. The summed E-state index contributed by atoms with van der Waals surface area (Å²) in [6, 6.07) is 10.3. The number of nitrogens with one attached hydrogen (secondary N) is 3. The third-order valence-electron chi connectivity index (χ3n) is 4.10. The molecule has 3 N–H and O–H groups in total. The maximum absolute atomic E-state index is 12.1. The number of carbonyl (C=O) groups is 1. The molecule has 0 saturated heterocycles. The molecule has 0 saturated carbocycles. The Morgan fingerprint density at radius 2 is 1.83 bits per heavy atom. The summed E-state index contributed by atoms with van der Waals surface area (Å²) in [5.41, 5.74) is 0.980. The van der Waals surface area contributed by atoms with Crippen molar-refractivity contribution in [1.82, 2.24) is 30.7 Å². The Morgan fingerprint density at radius 1 is 1.13 bits per heavy atom. The highest BCUT2D eigenvalue weighted by molar-refractivity contribution is 14.0. The molecular weight excluding hydrogens is 493 g/mol.